The number of anilines is 1. The maximum atomic E-state index is 13.3. The number of carbonyl (C=O) groups is 1. The smallest absolute Gasteiger partial charge is 0.442 e. The number of carbonyl (C=O) groups excluding carboxylic acids is 1. The number of aromatic amines is 1. The van der Waals surface area contributed by atoms with Crippen molar-refractivity contribution in [3.05, 3.63) is 64.5 Å². The van der Waals surface area contributed by atoms with Gasteiger partial charge in [-0.15, -0.1) is 0 Å². The van der Waals surface area contributed by atoms with E-state index in [0.29, 0.717) is 11.4 Å². The summed E-state index contributed by atoms with van der Waals surface area (Å²) in [4.78, 5) is 24.4. The molecule has 2 aromatic carbocycles. The van der Waals surface area contributed by atoms with Crippen LogP contribution in [0.15, 0.2) is 56.8 Å². The molecule has 0 bridgehead atoms. The van der Waals surface area contributed by atoms with E-state index in [2.05, 4.69) is 10.6 Å². The van der Waals surface area contributed by atoms with Crippen LogP contribution in [0.4, 0.5) is 14.5 Å². The van der Waals surface area contributed by atoms with Crippen LogP contribution in [0.5, 0.6) is 5.75 Å². The van der Waals surface area contributed by atoms with E-state index in [1.807, 2.05) is 0 Å². The molecule has 1 aromatic heterocycles. The third-order valence-corrected chi connectivity index (χ3v) is 4.92. The number of methoxy groups -OCH3 is 1. The van der Waals surface area contributed by atoms with Crippen molar-refractivity contribution in [1.29, 1.82) is 0 Å². The van der Waals surface area contributed by atoms with E-state index in [-0.39, 0.29) is 10.7 Å². The van der Waals surface area contributed by atoms with Crippen LogP contribution >= 0.6 is 11.8 Å². The molecule has 0 aliphatic heterocycles. The first-order valence-corrected chi connectivity index (χ1v) is 8.97. The highest BCUT2D eigenvalue weighted by atomic mass is 32.2. The molecule has 0 aliphatic carbocycles. The molecule has 28 heavy (non-hydrogen) atoms. The number of halogens is 2. The predicted octanol–water partition coefficient (Wildman–Crippen LogP) is 2.65. The Hall–Kier alpha value is -3.14. The van der Waals surface area contributed by atoms with Gasteiger partial charge in [-0.3, -0.25) is 9.32 Å². The van der Waals surface area contributed by atoms with Gasteiger partial charge < -0.3 is 10.1 Å². The van der Waals surface area contributed by atoms with Gasteiger partial charge in [-0.2, -0.15) is 0 Å². The zero-order chi connectivity index (χ0) is 20.3. The Morgan fingerprint density at radius 1 is 1.21 bits per heavy atom. The molecule has 1 unspecified atom stereocenters. The molecule has 0 saturated heterocycles. The fourth-order valence-electron chi connectivity index (χ4n) is 2.30. The number of ether oxygens (including phenoxy) is 1. The van der Waals surface area contributed by atoms with Crippen molar-refractivity contribution >= 4 is 23.4 Å². The van der Waals surface area contributed by atoms with E-state index < -0.39 is 28.4 Å². The van der Waals surface area contributed by atoms with Gasteiger partial charge in [0.25, 0.3) is 0 Å². The summed E-state index contributed by atoms with van der Waals surface area (Å²) in [7, 11) is 1.54. The van der Waals surface area contributed by atoms with Gasteiger partial charge in [0.05, 0.1) is 12.4 Å². The molecule has 0 fully saturated rings. The number of amides is 1. The van der Waals surface area contributed by atoms with Gasteiger partial charge >= 0.3 is 10.7 Å². The predicted molar refractivity (Wildman–Crippen MR) is 97.7 cm³/mol. The molecule has 10 heteroatoms. The summed E-state index contributed by atoms with van der Waals surface area (Å²) in [5.74, 6) is -1.92. The van der Waals surface area contributed by atoms with Crippen LogP contribution in [0.2, 0.25) is 0 Å². The van der Waals surface area contributed by atoms with Gasteiger partial charge in [0.15, 0.2) is 11.6 Å². The zero-order valence-corrected chi connectivity index (χ0v) is 15.7. The third kappa shape index (κ3) is 4.22. The molecule has 146 valence electrons. The van der Waals surface area contributed by atoms with Gasteiger partial charge in [0.1, 0.15) is 5.75 Å². The maximum absolute atomic E-state index is 13.3. The van der Waals surface area contributed by atoms with Crippen molar-refractivity contribution in [3.8, 4) is 11.4 Å². The van der Waals surface area contributed by atoms with Gasteiger partial charge in [0, 0.05) is 23.9 Å². The fraction of sp³-hybridized carbons (Fsp3) is 0.167. The lowest BCUT2D eigenvalue weighted by atomic mass is 10.3. The van der Waals surface area contributed by atoms with E-state index in [9.17, 15) is 18.4 Å². The van der Waals surface area contributed by atoms with Crippen LogP contribution in [0, 0.1) is 11.6 Å². The van der Waals surface area contributed by atoms with E-state index >= 15 is 0 Å². The molecule has 0 aliphatic rings. The molecule has 0 saturated carbocycles. The highest BCUT2D eigenvalue weighted by Crippen LogP contribution is 2.21. The molecular weight excluding hydrogens is 392 g/mol. The quantitative estimate of drug-likeness (QED) is 0.484. The molecule has 0 radical (unpaired) electrons. The van der Waals surface area contributed by atoms with Gasteiger partial charge in [0.2, 0.25) is 11.6 Å². The Kier molecular flexibility index (Phi) is 5.78. The Bertz CT molecular complexity index is 1050. The molecule has 7 nitrogen and oxygen atoms in total. The molecule has 3 rings (SSSR count). The van der Waals surface area contributed by atoms with Crippen molar-refractivity contribution in [2.75, 3.05) is 12.4 Å². The second-order valence-electron chi connectivity index (χ2n) is 5.70. The standard InChI is InChI=1S/C18H15F2N3O4S/c1-10(16(24)21-11-3-8-14(19)15(20)9-11)28-17-18(25)27-22-23(17)12-4-6-13(26-2)7-5-12/h3-10H,1-2H3,(H-,21,22,24,25)/p+1. The largest absolute Gasteiger partial charge is 0.497 e. The van der Waals surface area contributed by atoms with E-state index in [1.54, 1.807) is 31.2 Å². The first-order valence-electron chi connectivity index (χ1n) is 8.09. The van der Waals surface area contributed by atoms with Crippen molar-refractivity contribution in [2.24, 2.45) is 0 Å². The minimum absolute atomic E-state index is 0.112. The number of nitrogens with zero attached hydrogens (tertiary/aromatic N) is 1. The summed E-state index contributed by atoms with van der Waals surface area (Å²) in [5.41, 5.74) is 0.0659. The highest BCUT2D eigenvalue weighted by Gasteiger charge is 2.29. The molecule has 2 N–H and O–H groups in total. The number of H-pyrrole nitrogens is 1. The molecule has 3 aromatic rings. The maximum Gasteiger partial charge on any atom is 0.442 e. The van der Waals surface area contributed by atoms with Gasteiger partial charge in [-0.05, 0) is 52.9 Å². The lowest BCUT2D eigenvalue weighted by molar-refractivity contribution is -0.704. The van der Waals surface area contributed by atoms with Crippen LogP contribution in [0.1, 0.15) is 6.92 Å². The Morgan fingerprint density at radius 3 is 2.57 bits per heavy atom. The number of rotatable bonds is 6. The van der Waals surface area contributed by atoms with Crippen LogP contribution in [-0.4, -0.2) is 23.5 Å². The van der Waals surface area contributed by atoms with E-state index in [4.69, 9.17) is 9.26 Å². The normalized spacial score (nSPS) is 11.9. The second kappa shape index (κ2) is 8.26. The Balaban J connectivity index is 1.77. The minimum atomic E-state index is -1.07. The average molecular weight is 408 g/mol. The number of benzene rings is 2. The van der Waals surface area contributed by atoms with Crippen molar-refractivity contribution < 1.29 is 27.5 Å². The van der Waals surface area contributed by atoms with Gasteiger partial charge in [-0.1, -0.05) is 0 Å². The number of hydrogen-bond acceptors (Lipinski definition) is 5. The lowest BCUT2D eigenvalue weighted by Crippen LogP contribution is -2.37. The first kappa shape index (κ1) is 19.6. The monoisotopic (exact) mass is 408 g/mol. The van der Waals surface area contributed by atoms with Crippen molar-refractivity contribution in [2.45, 2.75) is 17.2 Å². The first-order chi connectivity index (χ1) is 13.4. The lowest BCUT2D eigenvalue weighted by Gasteiger charge is -2.09. The van der Waals surface area contributed by atoms with Gasteiger partial charge in [-0.25, -0.2) is 13.6 Å². The summed E-state index contributed by atoms with van der Waals surface area (Å²) in [6, 6.07) is 9.88. The number of thioether (sulfide) groups is 1. The summed E-state index contributed by atoms with van der Waals surface area (Å²) in [6.07, 6.45) is 0. The summed E-state index contributed by atoms with van der Waals surface area (Å²) < 4.78 is 37.6. The number of aromatic nitrogens is 2. The Labute approximate surface area is 162 Å². The van der Waals surface area contributed by atoms with Crippen molar-refractivity contribution in [3.63, 3.8) is 0 Å². The third-order valence-electron chi connectivity index (χ3n) is 3.78. The average Bonchev–Trinajstić information content (AvgIpc) is 3.05. The number of hydrogen-bond donors (Lipinski definition) is 2. The topological polar surface area (TPSA) is 88.2 Å². The highest BCUT2D eigenvalue weighted by molar-refractivity contribution is 8.00. The zero-order valence-electron chi connectivity index (χ0n) is 14.9. The molecule has 0 spiro atoms. The van der Waals surface area contributed by atoms with Crippen LogP contribution < -0.4 is 20.4 Å². The van der Waals surface area contributed by atoms with Crippen LogP contribution in [0.25, 0.3) is 5.69 Å². The molecule has 1 atom stereocenters. The second-order valence-corrected chi connectivity index (χ2v) is 7.03. The summed E-state index contributed by atoms with van der Waals surface area (Å²) in [6.45, 7) is 1.57. The molecular formula is C18H16F2N3O4S+. The summed E-state index contributed by atoms with van der Waals surface area (Å²) >= 11 is 0.957. The molecule has 1 amide bonds. The van der Waals surface area contributed by atoms with E-state index in [0.717, 1.165) is 23.9 Å². The SMILES string of the molecule is COc1ccc(-[n+]2[nH]oc(=O)c2SC(C)C(=O)Nc2ccc(F)c(F)c2)cc1. The molecule has 1 heterocycles. The van der Waals surface area contributed by atoms with Crippen molar-refractivity contribution in [1.82, 2.24) is 5.27 Å². The summed E-state index contributed by atoms with van der Waals surface area (Å²) in [5, 5.41) is 4.39. The van der Waals surface area contributed by atoms with Crippen LogP contribution in [-0.2, 0) is 4.79 Å². The fourth-order valence-corrected chi connectivity index (χ4v) is 3.19. The van der Waals surface area contributed by atoms with E-state index in [1.165, 1.54) is 17.9 Å². The minimum Gasteiger partial charge on any atom is -0.497 e. The Morgan fingerprint density at radius 2 is 1.93 bits per heavy atom. The number of nitrogens with one attached hydrogen (secondary N) is 2. The van der Waals surface area contributed by atoms with Crippen LogP contribution in [0.3, 0.4) is 0 Å².